The van der Waals surface area contributed by atoms with Crippen molar-refractivity contribution in [1.29, 1.82) is 0 Å². The number of nitrogens with two attached hydrogens (primary N) is 1. The first-order valence-electron chi connectivity index (χ1n) is 6.63. The van der Waals surface area contributed by atoms with Crippen LogP contribution < -0.4 is 5.73 Å². The summed E-state index contributed by atoms with van der Waals surface area (Å²) < 4.78 is 5.35. The minimum Gasteiger partial charge on any atom is -0.382 e. The zero-order chi connectivity index (χ0) is 10.7. The summed E-state index contributed by atoms with van der Waals surface area (Å²) in [6.07, 6.45) is 8.23. The topological polar surface area (TPSA) is 35.2 Å². The summed E-state index contributed by atoms with van der Waals surface area (Å²) in [6, 6.07) is 0.376. The van der Waals surface area contributed by atoms with E-state index in [0.29, 0.717) is 6.04 Å². The molecule has 4 unspecified atom stereocenters. The van der Waals surface area contributed by atoms with Crippen molar-refractivity contribution in [2.45, 2.75) is 51.5 Å². The zero-order valence-electron chi connectivity index (χ0n) is 9.95. The van der Waals surface area contributed by atoms with Crippen molar-refractivity contribution in [3.05, 3.63) is 0 Å². The van der Waals surface area contributed by atoms with Crippen LogP contribution in [0.5, 0.6) is 0 Å². The van der Waals surface area contributed by atoms with Crippen molar-refractivity contribution >= 4 is 0 Å². The molecule has 0 heterocycles. The first-order chi connectivity index (χ1) is 7.29. The van der Waals surface area contributed by atoms with Crippen LogP contribution in [0.25, 0.3) is 0 Å². The van der Waals surface area contributed by atoms with Gasteiger partial charge in [-0.25, -0.2) is 0 Å². The van der Waals surface area contributed by atoms with E-state index < -0.39 is 0 Å². The number of ether oxygens (including phenoxy) is 1. The summed E-state index contributed by atoms with van der Waals surface area (Å²) >= 11 is 0. The number of hydrogen-bond donors (Lipinski definition) is 1. The normalized spacial score (nSPS) is 36.0. The lowest BCUT2D eigenvalue weighted by Gasteiger charge is -2.24. The molecule has 2 nitrogen and oxygen atoms in total. The third-order valence-corrected chi connectivity index (χ3v) is 4.33. The van der Waals surface area contributed by atoms with E-state index in [1.807, 2.05) is 6.92 Å². The highest BCUT2D eigenvalue weighted by atomic mass is 16.5. The van der Waals surface area contributed by atoms with Gasteiger partial charge in [-0.1, -0.05) is 6.42 Å². The Bertz CT molecular complexity index is 195. The van der Waals surface area contributed by atoms with Crippen LogP contribution in [-0.4, -0.2) is 19.3 Å². The average Bonchev–Trinajstić information content (AvgIpc) is 2.79. The van der Waals surface area contributed by atoms with Crippen LogP contribution in [0, 0.1) is 17.8 Å². The summed E-state index contributed by atoms with van der Waals surface area (Å²) in [5.74, 6) is 3.02. The molecule has 0 spiro atoms. The van der Waals surface area contributed by atoms with E-state index in [0.717, 1.165) is 37.4 Å². The second-order valence-corrected chi connectivity index (χ2v) is 5.42. The van der Waals surface area contributed by atoms with E-state index in [2.05, 4.69) is 0 Å². The van der Waals surface area contributed by atoms with Gasteiger partial charge in [0.2, 0.25) is 0 Å². The standard InChI is InChI=1S/C13H25NO/c1-2-15-6-5-13(14)9-12-8-10-3-4-11(12)7-10/h10-13H,2-9,14H2,1H3. The van der Waals surface area contributed by atoms with E-state index in [9.17, 15) is 0 Å². The summed E-state index contributed by atoms with van der Waals surface area (Å²) in [5.41, 5.74) is 6.15. The Morgan fingerprint density at radius 1 is 1.33 bits per heavy atom. The van der Waals surface area contributed by atoms with E-state index >= 15 is 0 Å². The molecule has 0 aromatic carbocycles. The van der Waals surface area contributed by atoms with Gasteiger partial charge in [0.15, 0.2) is 0 Å². The molecule has 2 N–H and O–H groups in total. The summed E-state index contributed by atoms with van der Waals surface area (Å²) in [7, 11) is 0. The van der Waals surface area contributed by atoms with Crippen molar-refractivity contribution in [1.82, 2.24) is 0 Å². The molecule has 0 aliphatic heterocycles. The molecule has 2 bridgehead atoms. The maximum absolute atomic E-state index is 6.15. The maximum Gasteiger partial charge on any atom is 0.0480 e. The predicted octanol–water partition coefficient (Wildman–Crippen LogP) is 2.57. The lowest BCUT2D eigenvalue weighted by molar-refractivity contribution is 0.135. The molecule has 88 valence electrons. The largest absolute Gasteiger partial charge is 0.382 e. The van der Waals surface area contributed by atoms with Crippen LogP contribution in [0.4, 0.5) is 0 Å². The van der Waals surface area contributed by atoms with E-state index in [1.54, 1.807) is 0 Å². The molecule has 0 aromatic rings. The molecule has 2 aliphatic rings. The van der Waals surface area contributed by atoms with E-state index in [4.69, 9.17) is 10.5 Å². The number of rotatable bonds is 6. The maximum atomic E-state index is 6.15. The molecule has 0 amide bonds. The second-order valence-electron chi connectivity index (χ2n) is 5.42. The van der Waals surface area contributed by atoms with Crippen LogP contribution in [0.1, 0.15) is 45.4 Å². The Balaban J connectivity index is 1.64. The smallest absolute Gasteiger partial charge is 0.0480 e. The highest BCUT2D eigenvalue weighted by Gasteiger charge is 2.39. The van der Waals surface area contributed by atoms with Crippen molar-refractivity contribution in [3.8, 4) is 0 Å². The Hall–Kier alpha value is -0.0800. The molecular formula is C13H25NO. The van der Waals surface area contributed by atoms with Crippen LogP contribution in [0.15, 0.2) is 0 Å². The Morgan fingerprint density at radius 3 is 2.80 bits per heavy atom. The fourth-order valence-corrected chi connectivity index (χ4v) is 3.55. The summed E-state index contributed by atoms with van der Waals surface area (Å²) in [5, 5.41) is 0. The fourth-order valence-electron chi connectivity index (χ4n) is 3.55. The third-order valence-electron chi connectivity index (χ3n) is 4.33. The molecular weight excluding hydrogens is 186 g/mol. The van der Waals surface area contributed by atoms with Gasteiger partial charge in [0.1, 0.15) is 0 Å². The molecule has 4 atom stereocenters. The van der Waals surface area contributed by atoms with E-state index in [-0.39, 0.29) is 0 Å². The van der Waals surface area contributed by atoms with Gasteiger partial charge in [0.05, 0.1) is 0 Å². The highest BCUT2D eigenvalue weighted by Crippen LogP contribution is 2.49. The molecule has 2 aliphatic carbocycles. The van der Waals surface area contributed by atoms with Crippen molar-refractivity contribution < 1.29 is 4.74 Å². The zero-order valence-corrected chi connectivity index (χ0v) is 9.95. The lowest BCUT2D eigenvalue weighted by Crippen LogP contribution is -2.27. The fraction of sp³-hybridized carbons (Fsp3) is 1.00. The quantitative estimate of drug-likeness (QED) is 0.685. The second kappa shape index (κ2) is 5.31. The average molecular weight is 211 g/mol. The third kappa shape index (κ3) is 2.94. The van der Waals surface area contributed by atoms with Gasteiger partial charge in [0.25, 0.3) is 0 Å². The molecule has 0 aromatic heterocycles. The summed E-state index contributed by atoms with van der Waals surface area (Å²) in [6.45, 7) is 3.71. The Labute approximate surface area is 93.6 Å². The van der Waals surface area contributed by atoms with E-state index in [1.165, 1.54) is 32.1 Å². The Morgan fingerprint density at radius 2 is 2.20 bits per heavy atom. The van der Waals surface area contributed by atoms with Crippen LogP contribution in [0.3, 0.4) is 0 Å². The monoisotopic (exact) mass is 211 g/mol. The van der Waals surface area contributed by atoms with Gasteiger partial charge in [0, 0.05) is 19.3 Å². The molecule has 2 saturated carbocycles. The molecule has 0 radical (unpaired) electrons. The first-order valence-corrected chi connectivity index (χ1v) is 6.63. The highest BCUT2D eigenvalue weighted by molar-refractivity contribution is 4.91. The van der Waals surface area contributed by atoms with Crippen LogP contribution in [0.2, 0.25) is 0 Å². The summed E-state index contributed by atoms with van der Waals surface area (Å²) in [4.78, 5) is 0. The van der Waals surface area contributed by atoms with Gasteiger partial charge in [-0.15, -0.1) is 0 Å². The molecule has 2 fully saturated rings. The van der Waals surface area contributed by atoms with Crippen molar-refractivity contribution in [2.24, 2.45) is 23.5 Å². The van der Waals surface area contributed by atoms with Gasteiger partial charge in [-0.2, -0.15) is 0 Å². The number of hydrogen-bond acceptors (Lipinski definition) is 2. The predicted molar refractivity (Wildman–Crippen MR) is 62.6 cm³/mol. The molecule has 2 heteroatoms. The van der Waals surface area contributed by atoms with Gasteiger partial charge in [-0.05, 0) is 56.8 Å². The molecule has 15 heavy (non-hydrogen) atoms. The minimum atomic E-state index is 0.376. The minimum absolute atomic E-state index is 0.376. The van der Waals surface area contributed by atoms with Crippen molar-refractivity contribution in [3.63, 3.8) is 0 Å². The molecule has 0 saturated heterocycles. The van der Waals surface area contributed by atoms with Gasteiger partial charge < -0.3 is 10.5 Å². The SMILES string of the molecule is CCOCCC(N)CC1CC2CCC1C2. The van der Waals surface area contributed by atoms with Gasteiger partial charge >= 0.3 is 0 Å². The van der Waals surface area contributed by atoms with Crippen molar-refractivity contribution in [2.75, 3.05) is 13.2 Å². The molecule has 2 rings (SSSR count). The number of fused-ring (bicyclic) bond motifs is 2. The van der Waals surface area contributed by atoms with Gasteiger partial charge in [-0.3, -0.25) is 0 Å². The lowest BCUT2D eigenvalue weighted by atomic mass is 9.84. The van der Waals surface area contributed by atoms with Crippen LogP contribution >= 0.6 is 0 Å². The Kier molecular flexibility index (Phi) is 4.04. The first kappa shape index (κ1) is 11.4. The van der Waals surface area contributed by atoms with Crippen LogP contribution in [-0.2, 0) is 4.74 Å².